The standard InChI is InChI=1S/C55H106N2O5/c1-3-5-7-9-11-13-15-17-18-19-20-21-22-23-24-25-26-28-30-32-34-39-43-49-54(59)62-51(45-40-36-33-31-29-27-16-14-12-10-8-6-4-2)46-41-37-35-38-42-48-53(58)57-52(55(60)61)47-44-50-56/h31,33,51-52H,3-30,32,34-50,56H2,1-2H3,(H,57,58)(H,60,61)/b33-31-. The molecule has 0 aliphatic carbocycles. The molecular formula is C55H106N2O5. The van der Waals surface area contributed by atoms with Crippen LogP contribution in [0.15, 0.2) is 12.2 Å². The molecule has 0 heterocycles. The van der Waals surface area contributed by atoms with Crippen LogP contribution in [-0.2, 0) is 19.1 Å². The highest BCUT2D eigenvalue weighted by molar-refractivity contribution is 5.83. The second-order valence-electron chi connectivity index (χ2n) is 19.0. The highest BCUT2D eigenvalue weighted by atomic mass is 16.5. The monoisotopic (exact) mass is 875 g/mol. The van der Waals surface area contributed by atoms with Gasteiger partial charge in [0.1, 0.15) is 12.1 Å². The molecule has 0 aromatic rings. The Kier molecular flexibility index (Phi) is 48.6. The number of carbonyl (C=O) groups excluding carboxylic acids is 2. The molecule has 1 amide bonds. The summed E-state index contributed by atoms with van der Waals surface area (Å²) in [6, 6.07) is -0.857. The second-order valence-corrected chi connectivity index (χ2v) is 19.0. The Balaban J connectivity index is 4.16. The summed E-state index contributed by atoms with van der Waals surface area (Å²) < 4.78 is 6.08. The van der Waals surface area contributed by atoms with Crippen LogP contribution in [0.25, 0.3) is 0 Å². The van der Waals surface area contributed by atoms with E-state index in [0.717, 1.165) is 70.6 Å². The van der Waals surface area contributed by atoms with E-state index in [0.29, 0.717) is 32.2 Å². The van der Waals surface area contributed by atoms with Gasteiger partial charge in [0.15, 0.2) is 0 Å². The van der Waals surface area contributed by atoms with Gasteiger partial charge >= 0.3 is 11.9 Å². The summed E-state index contributed by atoms with van der Waals surface area (Å²) in [5.41, 5.74) is 5.50. The number of carbonyl (C=O) groups is 3. The molecule has 0 aliphatic rings. The predicted molar refractivity (Wildman–Crippen MR) is 267 cm³/mol. The van der Waals surface area contributed by atoms with Crippen molar-refractivity contribution in [2.24, 2.45) is 5.73 Å². The number of esters is 1. The van der Waals surface area contributed by atoms with E-state index in [1.165, 1.54) is 193 Å². The summed E-state index contributed by atoms with van der Waals surface area (Å²) in [5, 5.41) is 12.0. The maximum atomic E-state index is 12.9. The van der Waals surface area contributed by atoms with Gasteiger partial charge in [-0.2, -0.15) is 0 Å². The predicted octanol–water partition coefficient (Wildman–Crippen LogP) is 16.6. The lowest BCUT2D eigenvalue weighted by Crippen LogP contribution is -2.40. The molecule has 7 heteroatoms. The zero-order valence-corrected chi connectivity index (χ0v) is 41.5. The minimum atomic E-state index is -1.00. The van der Waals surface area contributed by atoms with Gasteiger partial charge in [-0.1, -0.05) is 231 Å². The van der Waals surface area contributed by atoms with E-state index in [1.54, 1.807) is 0 Å². The van der Waals surface area contributed by atoms with E-state index in [1.807, 2.05) is 0 Å². The second kappa shape index (κ2) is 50.1. The fourth-order valence-corrected chi connectivity index (χ4v) is 8.69. The van der Waals surface area contributed by atoms with Crippen molar-refractivity contribution < 1.29 is 24.2 Å². The van der Waals surface area contributed by atoms with Crippen molar-refractivity contribution in [1.29, 1.82) is 0 Å². The van der Waals surface area contributed by atoms with Gasteiger partial charge in [0, 0.05) is 12.8 Å². The quantitative estimate of drug-likeness (QED) is 0.0318. The minimum absolute atomic E-state index is 0.0135. The lowest BCUT2D eigenvalue weighted by molar-refractivity contribution is -0.150. The summed E-state index contributed by atoms with van der Waals surface area (Å²) in [7, 11) is 0. The summed E-state index contributed by atoms with van der Waals surface area (Å²) in [6.45, 7) is 4.98. The van der Waals surface area contributed by atoms with Gasteiger partial charge in [-0.15, -0.1) is 0 Å². The number of aliphatic carboxylic acids is 1. The molecule has 4 N–H and O–H groups in total. The minimum Gasteiger partial charge on any atom is -0.480 e. The first kappa shape index (κ1) is 60.1. The summed E-state index contributed by atoms with van der Waals surface area (Å²) in [4.78, 5) is 36.6. The van der Waals surface area contributed by atoms with Gasteiger partial charge in [0.05, 0.1) is 0 Å². The van der Waals surface area contributed by atoms with Gasteiger partial charge in [-0.05, 0) is 77.2 Å². The number of carboxylic acids is 1. The van der Waals surface area contributed by atoms with Crippen LogP contribution in [0.4, 0.5) is 0 Å². The number of nitrogens with one attached hydrogen (secondary N) is 1. The normalized spacial score (nSPS) is 12.6. The van der Waals surface area contributed by atoms with E-state index < -0.39 is 12.0 Å². The molecule has 0 radical (unpaired) electrons. The zero-order valence-electron chi connectivity index (χ0n) is 41.5. The molecular weight excluding hydrogens is 769 g/mol. The number of rotatable bonds is 51. The molecule has 2 unspecified atom stereocenters. The van der Waals surface area contributed by atoms with Gasteiger partial charge in [0.2, 0.25) is 5.91 Å². The highest BCUT2D eigenvalue weighted by Gasteiger charge is 2.19. The molecule has 0 bridgehead atoms. The molecule has 0 saturated heterocycles. The Morgan fingerprint density at radius 3 is 1.23 bits per heavy atom. The van der Waals surface area contributed by atoms with Crippen molar-refractivity contribution in [3.05, 3.63) is 12.2 Å². The van der Waals surface area contributed by atoms with Gasteiger partial charge < -0.3 is 20.9 Å². The van der Waals surface area contributed by atoms with E-state index >= 15 is 0 Å². The van der Waals surface area contributed by atoms with Crippen molar-refractivity contribution in [2.75, 3.05) is 6.54 Å². The van der Waals surface area contributed by atoms with E-state index in [-0.39, 0.29) is 18.0 Å². The smallest absolute Gasteiger partial charge is 0.326 e. The number of nitrogens with two attached hydrogens (primary N) is 1. The Morgan fingerprint density at radius 2 is 0.806 bits per heavy atom. The third-order valence-electron chi connectivity index (χ3n) is 12.8. The van der Waals surface area contributed by atoms with Crippen molar-refractivity contribution >= 4 is 17.8 Å². The Morgan fingerprint density at radius 1 is 0.452 bits per heavy atom. The van der Waals surface area contributed by atoms with Gasteiger partial charge in [-0.3, -0.25) is 9.59 Å². The first-order valence-corrected chi connectivity index (χ1v) is 27.5. The Bertz CT molecular complexity index is 987. The van der Waals surface area contributed by atoms with Crippen LogP contribution in [-0.4, -0.2) is 41.6 Å². The van der Waals surface area contributed by atoms with Crippen LogP contribution in [0.5, 0.6) is 0 Å². The molecule has 0 aliphatic heterocycles. The number of amides is 1. The molecule has 0 aromatic heterocycles. The molecule has 62 heavy (non-hydrogen) atoms. The highest BCUT2D eigenvalue weighted by Crippen LogP contribution is 2.19. The maximum Gasteiger partial charge on any atom is 0.326 e. The number of hydrogen-bond acceptors (Lipinski definition) is 5. The van der Waals surface area contributed by atoms with Gasteiger partial charge in [0.25, 0.3) is 0 Å². The van der Waals surface area contributed by atoms with Crippen LogP contribution >= 0.6 is 0 Å². The molecule has 0 saturated carbocycles. The molecule has 7 nitrogen and oxygen atoms in total. The number of allylic oxidation sites excluding steroid dienone is 2. The van der Waals surface area contributed by atoms with Crippen molar-refractivity contribution in [2.45, 2.75) is 315 Å². The molecule has 0 aromatic carbocycles. The van der Waals surface area contributed by atoms with E-state index in [4.69, 9.17) is 10.5 Å². The first-order valence-electron chi connectivity index (χ1n) is 27.5. The largest absolute Gasteiger partial charge is 0.480 e. The van der Waals surface area contributed by atoms with Crippen LogP contribution in [0.1, 0.15) is 303 Å². The van der Waals surface area contributed by atoms with Crippen LogP contribution in [0.3, 0.4) is 0 Å². The summed E-state index contributed by atoms with van der Waals surface area (Å²) >= 11 is 0. The molecule has 0 fully saturated rings. The van der Waals surface area contributed by atoms with Gasteiger partial charge in [-0.25, -0.2) is 4.79 Å². The Labute approximate surface area is 385 Å². The molecule has 0 rings (SSSR count). The van der Waals surface area contributed by atoms with Crippen molar-refractivity contribution in [1.82, 2.24) is 5.32 Å². The van der Waals surface area contributed by atoms with Crippen LogP contribution in [0.2, 0.25) is 0 Å². The lowest BCUT2D eigenvalue weighted by Gasteiger charge is -2.18. The molecule has 0 spiro atoms. The van der Waals surface area contributed by atoms with Crippen LogP contribution < -0.4 is 11.1 Å². The van der Waals surface area contributed by atoms with E-state index in [9.17, 15) is 19.5 Å². The zero-order chi connectivity index (χ0) is 45.2. The van der Waals surface area contributed by atoms with Crippen molar-refractivity contribution in [3.8, 4) is 0 Å². The fourth-order valence-electron chi connectivity index (χ4n) is 8.69. The van der Waals surface area contributed by atoms with Crippen molar-refractivity contribution in [3.63, 3.8) is 0 Å². The van der Waals surface area contributed by atoms with E-state index in [2.05, 4.69) is 31.3 Å². The molecule has 2 atom stereocenters. The Hall–Kier alpha value is -1.89. The fraction of sp³-hybridized carbons (Fsp3) is 0.909. The average Bonchev–Trinajstić information content (AvgIpc) is 3.26. The lowest BCUT2D eigenvalue weighted by atomic mass is 10.0. The summed E-state index contributed by atoms with van der Waals surface area (Å²) in [5.74, 6) is -1.23. The first-order chi connectivity index (χ1) is 30.4. The number of hydrogen-bond donors (Lipinski definition) is 3. The third-order valence-corrected chi connectivity index (χ3v) is 12.8. The number of ether oxygens (including phenoxy) is 1. The molecule has 366 valence electrons. The number of carboxylic acid groups (broad SMARTS) is 1. The average molecular weight is 875 g/mol. The number of unbranched alkanes of at least 4 members (excludes halogenated alkanes) is 35. The summed E-state index contributed by atoms with van der Waals surface area (Å²) in [6.07, 6.45) is 58.6. The topological polar surface area (TPSA) is 119 Å². The van der Waals surface area contributed by atoms with Crippen LogP contribution in [0, 0.1) is 0 Å². The maximum absolute atomic E-state index is 12.9. The third kappa shape index (κ3) is 46.1. The SMILES string of the molecule is CCCCCCCCCC/C=C\CCCC(CCCCCCCC(=O)NC(CCCN)C(=O)O)OC(=O)CCCCCCCCCCCCCCCCCCCCCCCCC.